The van der Waals surface area contributed by atoms with E-state index in [1.807, 2.05) is 23.6 Å². The third kappa shape index (κ3) is 5.42. The Hall–Kier alpha value is -3.20. The third-order valence-electron chi connectivity index (χ3n) is 4.78. The molecule has 168 valence electrons. The number of halogens is 1. The largest absolute Gasteiger partial charge is 0.426 e. The van der Waals surface area contributed by atoms with Crippen molar-refractivity contribution in [3.05, 3.63) is 95.0 Å². The number of esters is 1. The molecule has 0 aliphatic heterocycles. The Labute approximate surface area is 201 Å². The molecule has 6 nitrogen and oxygen atoms in total. The monoisotopic (exact) mass is 498 g/mol. The van der Waals surface area contributed by atoms with E-state index in [9.17, 15) is 13.2 Å². The molecular formula is C24H19ClN2O4S2. The number of ether oxygens (including phenoxy) is 1. The Bertz CT molecular complexity index is 1370. The van der Waals surface area contributed by atoms with Gasteiger partial charge in [-0.15, -0.1) is 11.3 Å². The number of hydrogen-bond acceptors (Lipinski definition) is 6. The zero-order chi connectivity index (χ0) is 23.4. The smallest absolute Gasteiger partial charge is 0.317 e. The van der Waals surface area contributed by atoms with Crippen LogP contribution in [0.5, 0.6) is 5.75 Å². The van der Waals surface area contributed by atoms with Gasteiger partial charge >= 0.3 is 5.97 Å². The Kier molecular flexibility index (Phi) is 6.78. The fraction of sp³-hybridized carbons (Fsp3) is 0.0833. The van der Waals surface area contributed by atoms with Crippen LogP contribution in [0.3, 0.4) is 0 Å². The summed E-state index contributed by atoms with van der Waals surface area (Å²) >= 11 is 7.45. The van der Waals surface area contributed by atoms with Gasteiger partial charge in [0, 0.05) is 23.0 Å². The van der Waals surface area contributed by atoms with Gasteiger partial charge in [-0.1, -0.05) is 41.9 Å². The average Bonchev–Trinajstić information content (AvgIpc) is 3.28. The molecule has 0 radical (unpaired) electrons. The number of carbonyl (C=O) groups is 1. The summed E-state index contributed by atoms with van der Waals surface area (Å²) in [7, 11) is -2.21. The van der Waals surface area contributed by atoms with Crippen molar-refractivity contribution in [1.82, 2.24) is 4.98 Å². The second-order valence-electron chi connectivity index (χ2n) is 7.08. The van der Waals surface area contributed by atoms with Gasteiger partial charge in [-0.05, 0) is 48.5 Å². The summed E-state index contributed by atoms with van der Waals surface area (Å²) in [5, 5.41) is 3.20. The molecule has 0 bridgehead atoms. The van der Waals surface area contributed by atoms with E-state index in [0.717, 1.165) is 10.6 Å². The first kappa shape index (κ1) is 23.0. The SMILES string of the molecule is CN(c1ccc(OC(=O)Cc2csc(-c3cccc(Cl)c3)n2)cc1)S(=O)(=O)c1ccccc1. The van der Waals surface area contributed by atoms with Crippen LogP contribution in [0, 0.1) is 0 Å². The van der Waals surface area contributed by atoms with Crippen molar-refractivity contribution in [2.75, 3.05) is 11.4 Å². The van der Waals surface area contributed by atoms with E-state index < -0.39 is 16.0 Å². The summed E-state index contributed by atoms with van der Waals surface area (Å²) in [6.07, 6.45) is 0.0150. The first-order valence-corrected chi connectivity index (χ1v) is 12.6. The van der Waals surface area contributed by atoms with E-state index in [1.54, 1.807) is 48.5 Å². The zero-order valence-electron chi connectivity index (χ0n) is 17.5. The van der Waals surface area contributed by atoms with Gasteiger partial charge in [0.05, 0.1) is 22.7 Å². The average molecular weight is 499 g/mol. The molecule has 9 heteroatoms. The van der Waals surface area contributed by atoms with Crippen molar-refractivity contribution in [2.24, 2.45) is 0 Å². The molecule has 4 aromatic rings. The highest BCUT2D eigenvalue weighted by molar-refractivity contribution is 7.92. The molecule has 1 heterocycles. The number of rotatable bonds is 7. The summed E-state index contributed by atoms with van der Waals surface area (Å²) in [5.74, 6) is -0.143. The van der Waals surface area contributed by atoms with Gasteiger partial charge in [0.25, 0.3) is 10.0 Å². The van der Waals surface area contributed by atoms with Crippen molar-refractivity contribution >= 4 is 44.6 Å². The van der Waals surface area contributed by atoms with Gasteiger partial charge in [0.1, 0.15) is 10.8 Å². The maximum Gasteiger partial charge on any atom is 0.317 e. The van der Waals surface area contributed by atoms with E-state index in [0.29, 0.717) is 22.2 Å². The minimum atomic E-state index is -3.68. The molecule has 0 atom stereocenters. The molecule has 0 aliphatic carbocycles. The fourth-order valence-corrected chi connectivity index (χ4v) is 5.29. The first-order chi connectivity index (χ1) is 15.8. The molecule has 0 saturated heterocycles. The Balaban J connectivity index is 1.40. The van der Waals surface area contributed by atoms with Gasteiger partial charge in [-0.2, -0.15) is 0 Å². The molecule has 0 amide bonds. The van der Waals surface area contributed by atoms with Crippen LogP contribution in [0.25, 0.3) is 10.6 Å². The highest BCUT2D eigenvalue weighted by Gasteiger charge is 2.21. The quantitative estimate of drug-likeness (QED) is 0.250. The van der Waals surface area contributed by atoms with E-state index in [2.05, 4.69) is 4.98 Å². The number of aromatic nitrogens is 1. The number of anilines is 1. The number of benzene rings is 3. The van der Waals surface area contributed by atoms with Crippen molar-refractivity contribution in [3.8, 4) is 16.3 Å². The Morgan fingerprint density at radius 2 is 1.76 bits per heavy atom. The van der Waals surface area contributed by atoms with Crippen molar-refractivity contribution in [2.45, 2.75) is 11.3 Å². The minimum absolute atomic E-state index is 0.0150. The lowest BCUT2D eigenvalue weighted by Gasteiger charge is -2.19. The summed E-state index contributed by atoms with van der Waals surface area (Å²) in [6.45, 7) is 0. The Morgan fingerprint density at radius 3 is 2.45 bits per heavy atom. The standard InChI is InChI=1S/C24H19ClN2O4S2/c1-27(33(29,30)22-8-3-2-4-9-22)20-10-12-21(13-11-20)31-23(28)15-19-16-32-24(26-19)17-6-5-7-18(25)14-17/h2-14,16H,15H2,1H3. The molecule has 0 spiro atoms. The molecule has 4 rings (SSSR count). The first-order valence-electron chi connectivity index (χ1n) is 9.88. The predicted molar refractivity (Wildman–Crippen MR) is 130 cm³/mol. The van der Waals surface area contributed by atoms with Crippen molar-refractivity contribution in [1.29, 1.82) is 0 Å². The number of nitrogens with zero attached hydrogens (tertiary/aromatic N) is 2. The molecule has 0 N–H and O–H groups in total. The minimum Gasteiger partial charge on any atom is -0.426 e. The zero-order valence-corrected chi connectivity index (χ0v) is 19.9. The van der Waals surface area contributed by atoms with Crippen LogP contribution >= 0.6 is 22.9 Å². The third-order valence-corrected chi connectivity index (χ3v) is 7.76. The van der Waals surface area contributed by atoms with Crippen molar-refractivity contribution < 1.29 is 17.9 Å². The summed E-state index contributed by atoms with van der Waals surface area (Å²) in [5.41, 5.74) is 1.94. The van der Waals surface area contributed by atoms with Crippen LogP contribution in [-0.2, 0) is 21.2 Å². The predicted octanol–water partition coefficient (Wildman–Crippen LogP) is 5.44. The lowest BCUT2D eigenvalue weighted by atomic mass is 10.2. The molecule has 1 aromatic heterocycles. The maximum atomic E-state index is 12.7. The van der Waals surface area contributed by atoms with Crippen LogP contribution < -0.4 is 9.04 Å². The lowest BCUT2D eigenvalue weighted by molar-refractivity contribution is -0.133. The molecular weight excluding hydrogens is 480 g/mol. The van der Waals surface area contributed by atoms with E-state index in [1.165, 1.54) is 34.8 Å². The van der Waals surface area contributed by atoms with Crippen LogP contribution in [0.1, 0.15) is 5.69 Å². The van der Waals surface area contributed by atoms with E-state index >= 15 is 0 Å². The van der Waals surface area contributed by atoms with Crippen LogP contribution in [-0.4, -0.2) is 26.4 Å². The van der Waals surface area contributed by atoms with Gasteiger partial charge in [0.2, 0.25) is 0 Å². The van der Waals surface area contributed by atoms with Crippen LogP contribution in [0.15, 0.2) is 89.1 Å². The summed E-state index contributed by atoms with van der Waals surface area (Å²) in [4.78, 5) is 17.0. The van der Waals surface area contributed by atoms with Gasteiger partial charge in [-0.3, -0.25) is 9.10 Å². The number of carbonyl (C=O) groups excluding carboxylic acids is 1. The maximum absolute atomic E-state index is 12.7. The number of sulfonamides is 1. The molecule has 3 aromatic carbocycles. The second kappa shape index (κ2) is 9.74. The molecule has 0 fully saturated rings. The van der Waals surface area contributed by atoms with Crippen LogP contribution in [0.4, 0.5) is 5.69 Å². The highest BCUT2D eigenvalue weighted by atomic mass is 35.5. The van der Waals surface area contributed by atoms with Gasteiger partial charge in [-0.25, -0.2) is 13.4 Å². The molecule has 33 heavy (non-hydrogen) atoms. The van der Waals surface area contributed by atoms with E-state index in [-0.39, 0.29) is 11.3 Å². The Morgan fingerprint density at radius 1 is 1.03 bits per heavy atom. The number of thiazole rings is 1. The second-order valence-corrected chi connectivity index (χ2v) is 10.3. The normalized spacial score (nSPS) is 11.2. The van der Waals surface area contributed by atoms with Crippen LogP contribution in [0.2, 0.25) is 5.02 Å². The molecule has 0 unspecified atom stereocenters. The highest BCUT2D eigenvalue weighted by Crippen LogP contribution is 2.27. The van der Waals surface area contributed by atoms with Gasteiger partial charge < -0.3 is 4.74 Å². The van der Waals surface area contributed by atoms with Gasteiger partial charge in [0.15, 0.2) is 0 Å². The van der Waals surface area contributed by atoms with E-state index in [4.69, 9.17) is 16.3 Å². The topological polar surface area (TPSA) is 76.6 Å². The summed E-state index contributed by atoms with van der Waals surface area (Å²) < 4.78 is 32.1. The lowest BCUT2D eigenvalue weighted by Crippen LogP contribution is -2.26. The van der Waals surface area contributed by atoms with Crippen molar-refractivity contribution in [3.63, 3.8) is 0 Å². The molecule has 0 aliphatic rings. The number of hydrogen-bond donors (Lipinski definition) is 0. The molecule has 0 saturated carbocycles. The fourth-order valence-electron chi connectivity index (χ4n) is 3.07. The summed E-state index contributed by atoms with van der Waals surface area (Å²) in [6, 6.07) is 21.8.